The number of nitrogens with zero attached hydrogens (tertiary/aromatic N) is 2. The molecule has 0 spiro atoms. The molecular formula is C27H31FN4O2. The highest BCUT2D eigenvalue weighted by Gasteiger charge is 2.38. The van der Waals surface area contributed by atoms with Gasteiger partial charge >= 0.3 is 0 Å². The first-order valence-electron chi connectivity index (χ1n) is 12.2. The van der Waals surface area contributed by atoms with Crippen molar-refractivity contribution in [1.29, 1.82) is 0 Å². The first-order valence-corrected chi connectivity index (χ1v) is 12.2. The average molecular weight is 463 g/mol. The topological polar surface area (TPSA) is 74.3 Å². The number of hydrogen-bond acceptors (Lipinski definition) is 4. The van der Waals surface area contributed by atoms with Gasteiger partial charge in [0.1, 0.15) is 11.9 Å². The number of halogens is 1. The summed E-state index contributed by atoms with van der Waals surface area (Å²) in [5, 5.41) is 6.34. The number of carbonyl (C=O) groups is 2. The number of carbonyl (C=O) groups excluding carboxylic acids is 2. The first-order chi connectivity index (χ1) is 16.5. The molecule has 1 aromatic heterocycles. The zero-order chi connectivity index (χ0) is 23.7. The number of allylic oxidation sites excluding steroid dienone is 1. The minimum Gasteiger partial charge on any atom is -0.329 e. The lowest BCUT2D eigenvalue weighted by Gasteiger charge is -2.32. The lowest BCUT2D eigenvalue weighted by Crippen LogP contribution is -2.49. The number of rotatable bonds is 6. The molecule has 0 bridgehead atoms. The highest BCUT2D eigenvalue weighted by atomic mass is 19.1. The Morgan fingerprint density at radius 3 is 2.85 bits per heavy atom. The summed E-state index contributed by atoms with van der Waals surface area (Å²) in [5.41, 5.74) is 4.07. The Balaban J connectivity index is 1.26. The molecule has 2 aliphatic heterocycles. The maximum atomic E-state index is 14.0. The largest absolute Gasteiger partial charge is 0.329 e. The lowest BCUT2D eigenvalue weighted by molar-refractivity contribution is -0.126. The van der Waals surface area contributed by atoms with E-state index in [1.807, 2.05) is 12.1 Å². The molecule has 6 nitrogen and oxygen atoms in total. The van der Waals surface area contributed by atoms with E-state index in [0.717, 1.165) is 24.8 Å². The lowest BCUT2D eigenvalue weighted by atomic mass is 9.80. The Labute approximate surface area is 199 Å². The molecule has 2 fully saturated rings. The van der Waals surface area contributed by atoms with Gasteiger partial charge in [-0.1, -0.05) is 31.6 Å². The van der Waals surface area contributed by atoms with E-state index in [4.69, 9.17) is 0 Å². The van der Waals surface area contributed by atoms with E-state index in [9.17, 15) is 14.0 Å². The van der Waals surface area contributed by atoms with Crippen molar-refractivity contribution in [2.24, 2.45) is 5.92 Å². The maximum Gasteiger partial charge on any atom is 0.255 e. The molecule has 2 aromatic rings. The molecule has 34 heavy (non-hydrogen) atoms. The Bertz CT molecular complexity index is 1120. The van der Waals surface area contributed by atoms with Gasteiger partial charge in [0.15, 0.2) is 0 Å². The molecule has 178 valence electrons. The second-order valence-corrected chi connectivity index (χ2v) is 9.74. The summed E-state index contributed by atoms with van der Waals surface area (Å²) in [6.07, 6.45) is 8.40. The summed E-state index contributed by atoms with van der Waals surface area (Å²) in [6, 6.07) is 9.03. The smallest absolute Gasteiger partial charge is 0.255 e. The maximum absolute atomic E-state index is 14.0. The summed E-state index contributed by atoms with van der Waals surface area (Å²) in [7, 11) is 0. The van der Waals surface area contributed by atoms with Crippen molar-refractivity contribution in [3.8, 4) is 0 Å². The van der Waals surface area contributed by atoms with Gasteiger partial charge in [-0.15, -0.1) is 0 Å². The summed E-state index contributed by atoms with van der Waals surface area (Å²) in [5.74, 6) is -0.0324. The van der Waals surface area contributed by atoms with E-state index in [1.54, 1.807) is 17.2 Å². The van der Waals surface area contributed by atoms with Crippen LogP contribution in [0.5, 0.6) is 0 Å². The second-order valence-electron chi connectivity index (χ2n) is 9.74. The van der Waals surface area contributed by atoms with Crippen molar-refractivity contribution in [2.75, 3.05) is 0 Å². The third-order valence-electron chi connectivity index (χ3n) is 7.47. The van der Waals surface area contributed by atoms with Crippen molar-refractivity contribution in [3.63, 3.8) is 0 Å². The van der Waals surface area contributed by atoms with Crippen LogP contribution in [0.15, 0.2) is 48.8 Å². The summed E-state index contributed by atoms with van der Waals surface area (Å²) in [4.78, 5) is 31.3. The van der Waals surface area contributed by atoms with E-state index in [-0.39, 0.29) is 17.6 Å². The summed E-state index contributed by atoms with van der Waals surface area (Å²) < 4.78 is 14.0. The van der Waals surface area contributed by atoms with Crippen LogP contribution in [0.1, 0.15) is 65.7 Å². The van der Waals surface area contributed by atoms with Crippen LogP contribution in [-0.4, -0.2) is 33.8 Å². The summed E-state index contributed by atoms with van der Waals surface area (Å²) >= 11 is 0. The molecule has 1 saturated heterocycles. The molecular weight excluding hydrogens is 431 g/mol. The zero-order valence-corrected chi connectivity index (χ0v) is 19.4. The van der Waals surface area contributed by atoms with E-state index >= 15 is 0 Å². The van der Waals surface area contributed by atoms with Crippen LogP contribution in [0, 0.1) is 11.7 Å². The van der Waals surface area contributed by atoms with Crippen LogP contribution in [0.25, 0.3) is 0 Å². The SMILES string of the molecule is C=C1CCC(N2Cc3cc(C[C@H]4CCCC[C@@H]4NCc4ncccc4F)ccc3C2=O)C(=O)N1. The predicted molar refractivity (Wildman–Crippen MR) is 127 cm³/mol. The van der Waals surface area contributed by atoms with Crippen LogP contribution in [-0.2, 0) is 24.3 Å². The number of hydrogen-bond donors (Lipinski definition) is 2. The Kier molecular flexibility index (Phi) is 6.46. The third kappa shape index (κ3) is 4.62. The second kappa shape index (κ2) is 9.66. The number of amides is 2. The van der Waals surface area contributed by atoms with Gasteiger partial charge in [0.25, 0.3) is 5.91 Å². The molecule has 2 N–H and O–H groups in total. The van der Waals surface area contributed by atoms with Gasteiger partial charge in [0.2, 0.25) is 5.91 Å². The van der Waals surface area contributed by atoms with Crippen molar-refractivity contribution in [3.05, 3.63) is 77.0 Å². The van der Waals surface area contributed by atoms with Gasteiger partial charge in [0.05, 0.1) is 5.69 Å². The van der Waals surface area contributed by atoms with Gasteiger partial charge in [-0.3, -0.25) is 14.6 Å². The fourth-order valence-corrected chi connectivity index (χ4v) is 5.63. The highest BCUT2D eigenvalue weighted by Crippen LogP contribution is 2.32. The van der Waals surface area contributed by atoms with Crippen LogP contribution in [0.2, 0.25) is 0 Å². The van der Waals surface area contributed by atoms with E-state index in [1.165, 1.54) is 24.5 Å². The van der Waals surface area contributed by atoms with Crippen LogP contribution < -0.4 is 10.6 Å². The first kappa shape index (κ1) is 22.7. The van der Waals surface area contributed by atoms with Gasteiger partial charge in [-0.25, -0.2) is 4.39 Å². The molecule has 1 unspecified atom stereocenters. The van der Waals surface area contributed by atoms with Gasteiger partial charge in [0, 0.05) is 36.6 Å². The van der Waals surface area contributed by atoms with E-state index in [0.29, 0.717) is 54.8 Å². The molecule has 3 atom stereocenters. The molecule has 3 heterocycles. The Hall–Kier alpha value is -3.06. The van der Waals surface area contributed by atoms with E-state index < -0.39 is 6.04 Å². The fourth-order valence-electron chi connectivity index (χ4n) is 5.63. The van der Waals surface area contributed by atoms with Gasteiger partial charge in [-0.2, -0.15) is 0 Å². The summed E-state index contributed by atoms with van der Waals surface area (Å²) in [6.45, 7) is 4.73. The normalized spacial score (nSPS) is 24.8. The molecule has 5 rings (SSSR count). The third-order valence-corrected chi connectivity index (χ3v) is 7.47. The van der Waals surface area contributed by atoms with E-state index in [2.05, 4.69) is 28.3 Å². The number of fused-ring (bicyclic) bond motifs is 1. The van der Waals surface area contributed by atoms with Crippen molar-refractivity contribution < 1.29 is 14.0 Å². The average Bonchev–Trinajstić information content (AvgIpc) is 3.15. The van der Waals surface area contributed by atoms with Gasteiger partial charge < -0.3 is 15.5 Å². The van der Waals surface area contributed by atoms with Crippen LogP contribution in [0.3, 0.4) is 0 Å². The van der Waals surface area contributed by atoms with Crippen molar-refractivity contribution in [2.45, 2.75) is 70.1 Å². The molecule has 7 heteroatoms. The van der Waals surface area contributed by atoms with Gasteiger partial charge in [-0.05, 0) is 67.3 Å². The standard InChI is InChI=1S/C27H31FN4O2/c1-17-8-11-25(26(33)31-17)32-16-20-14-18(9-10-21(20)27(32)34)13-19-5-2-3-7-23(19)30-15-24-22(28)6-4-12-29-24/h4,6,9-10,12,14,19,23,25,30H,1-3,5,7-8,11,13,15-16H2,(H,31,33)/t19-,23+,25?/m1/s1. The van der Waals surface area contributed by atoms with Crippen molar-refractivity contribution in [1.82, 2.24) is 20.5 Å². The number of nitrogens with one attached hydrogen (secondary N) is 2. The zero-order valence-electron chi connectivity index (χ0n) is 19.4. The molecule has 0 radical (unpaired) electrons. The molecule has 1 saturated carbocycles. The van der Waals surface area contributed by atoms with Crippen LogP contribution in [0.4, 0.5) is 4.39 Å². The predicted octanol–water partition coefficient (Wildman–Crippen LogP) is 3.86. The number of aromatic nitrogens is 1. The Morgan fingerprint density at radius 2 is 2.03 bits per heavy atom. The fraction of sp³-hybridized carbons (Fsp3) is 0.444. The highest BCUT2D eigenvalue weighted by molar-refractivity contribution is 6.01. The number of benzene rings is 1. The molecule has 1 aliphatic carbocycles. The van der Waals surface area contributed by atoms with Crippen molar-refractivity contribution >= 4 is 11.8 Å². The molecule has 3 aliphatic rings. The monoisotopic (exact) mass is 462 g/mol. The number of piperidine rings is 1. The van der Waals surface area contributed by atoms with Crippen LogP contribution >= 0.6 is 0 Å². The molecule has 2 amide bonds. The minimum atomic E-state index is -0.437. The molecule has 1 aromatic carbocycles. The quantitative estimate of drug-likeness (QED) is 0.684. The Morgan fingerprint density at radius 1 is 1.18 bits per heavy atom. The minimum absolute atomic E-state index is 0.0659. The number of pyridine rings is 1.